The van der Waals surface area contributed by atoms with Gasteiger partial charge in [-0.1, -0.05) is 11.6 Å². The maximum Gasteiger partial charge on any atom is 0.326 e. The monoisotopic (exact) mass is 291 g/mol. The van der Waals surface area contributed by atoms with Gasteiger partial charge in [0.25, 0.3) is 5.91 Å². The molecule has 0 aliphatic heterocycles. The molecule has 0 saturated heterocycles. The number of halogens is 1. The molecule has 0 saturated carbocycles. The molecule has 1 unspecified atom stereocenters. The van der Waals surface area contributed by atoms with Gasteiger partial charge in [0.2, 0.25) is 0 Å². The van der Waals surface area contributed by atoms with Gasteiger partial charge in [0.15, 0.2) is 0 Å². The van der Waals surface area contributed by atoms with Crippen molar-refractivity contribution in [2.45, 2.75) is 19.4 Å². The van der Waals surface area contributed by atoms with E-state index in [0.717, 1.165) is 5.56 Å². The summed E-state index contributed by atoms with van der Waals surface area (Å²) in [6.45, 7) is 2.05. The van der Waals surface area contributed by atoms with E-state index in [9.17, 15) is 9.59 Å². The fourth-order valence-electron chi connectivity index (χ4n) is 1.30. The third kappa shape index (κ3) is 3.69. The number of carbonyl (C=O) groups excluding carboxylic acids is 1. The highest BCUT2D eigenvalue weighted by Gasteiger charge is 2.22. The Kier molecular flexibility index (Phi) is 5.58. The molecule has 1 rings (SSSR count). The topological polar surface area (TPSA) is 75.6 Å². The molecule has 0 radical (unpaired) electrons. The summed E-state index contributed by atoms with van der Waals surface area (Å²) in [5.41, 5.74) is 0.801. The van der Waals surface area contributed by atoms with Crippen LogP contribution in [0.25, 0.3) is 0 Å². The first kappa shape index (κ1) is 14.9. The minimum atomic E-state index is -1.09. The molecule has 0 bridgehead atoms. The molecule has 1 amide bonds. The van der Waals surface area contributed by atoms with Crippen LogP contribution in [0.15, 0.2) is 5.38 Å². The van der Waals surface area contributed by atoms with Crippen molar-refractivity contribution in [1.82, 2.24) is 5.32 Å². The van der Waals surface area contributed by atoms with Crippen molar-refractivity contribution in [2.24, 2.45) is 0 Å². The lowest BCUT2D eigenvalue weighted by atomic mass is 10.2. The van der Waals surface area contributed by atoms with E-state index in [1.54, 1.807) is 12.3 Å². The van der Waals surface area contributed by atoms with Crippen LogP contribution in [-0.2, 0) is 9.53 Å². The predicted octanol–water partition coefficient (Wildman–Crippen LogP) is 1.93. The van der Waals surface area contributed by atoms with Crippen molar-refractivity contribution in [3.05, 3.63) is 20.8 Å². The molecular formula is C11H14ClNO4S. The molecule has 0 aromatic carbocycles. The quantitative estimate of drug-likeness (QED) is 0.840. The number of aryl methyl sites for hydroxylation is 1. The van der Waals surface area contributed by atoms with Crippen LogP contribution in [-0.4, -0.2) is 36.7 Å². The van der Waals surface area contributed by atoms with Crippen molar-refractivity contribution >= 4 is 34.8 Å². The van der Waals surface area contributed by atoms with E-state index in [4.69, 9.17) is 21.4 Å². The molecule has 1 heterocycles. The lowest BCUT2D eigenvalue weighted by Crippen LogP contribution is -2.41. The van der Waals surface area contributed by atoms with E-state index in [2.05, 4.69) is 5.32 Å². The van der Waals surface area contributed by atoms with Gasteiger partial charge >= 0.3 is 5.97 Å². The Morgan fingerprint density at radius 3 is 2.72 bits per heavy atom. The normalized spacial score (nSPS) is 12.2. The third-order valence-electron chi connectivity index (χ3n) is 2.32. The van der Waals surface area contributed by atoms with Crippen LogP contribution >= 0.6 is 22.9 Å². The number of methoxy groups -OCH3 is 1. The third-order valence-corrected chi connectivity index (χ3v) is 4.02. The molecule has 0 aliphatic rings. The Bertz CT molecular complexity index is 446. The molecule has 0 spiro atoms. The van der Waals surface area contributed by atoms with Crippen LogP contribution in [0.2, 0.25) is 5.02 Å². The van der Waals surface area contributed by atoms with Crippen molar-refractivity contribution in [3.8, 4) is 0 Å². The lowest BCUT2D eigenvalue weighted by Gasteiger charge is -2.13. The molecule has 7 heteroatoms. The molecule has 1 aromatic rings. The number of amides is 1. The Labute approximate surface area is 114 Å². The number of carbonyl (C=O) groups is 2. The van der Waals surface area contributed by atoms with Crippen LogP contribution in [0.1, 0.15) is 21.7 Å². The number of thiophene rings is 1. The van der Waals surface area contributed by atoms with E-state index in [-0.39, 0.29) is 13.0 Å². The van der Waals surface area contributed by atoms with Crippen LogP contribution in [0.4, 0.5) is 0 Å². The Morgan fingerprint density at radius 1 is 1.61 bits per heavy atom. The molecule has 1 atom stereocenters. The zero-order valence-electron chi connectivity index (χ0n) is 10.0. The van der Waals surface area contributed by atoms with E-state index < -0.39 is 17.9 Å². The minimum Gasteiger partial charge on any atom is -0.480 e. The average Bonchev–Trinajstić information content (AvgIpc) is 2.65. The second-order valence-corrected chi connectivity index (χ2v) is 4.97. The number of aliphatic carboxylic acids is 1. The lowest BCUT2D eigenvalue weighted by molar-refractivity contribution is -0.139. The number of carboxylic acids is 1. The smallest absolute Gasteiger partial charge is 0.326 e. The Hall–Kier alpha value is -1.11. The molecular weight excluding hydrogens is 278 g/mol. The highest BCUT2D eigenvalue weighted by molar-refractivity contribution is 7.13. The van der Waals surface area contributed by atoms with E-state index in [1.165, 1.54) is 18.4 Å². The van der Waals surface area contributed by atoms with Crippen molar-refractivity contribution < 1.29 is 19.4 Å². The summed E-state index contributed by atoms with van der Waals surface area (Å²) in [7, 11) is 1.47. The summed E-state index contributed by atoms with van der Waals surface area (Å²) in [4.78, 5) is 23.2. The van der Waals surface area contributed by atoms with E-state index in [1.807, 2.05) is 0 Å². The van der Waals surface area contributed by atoms with Crippen LogP contribution in [0.3, 0.4) is 0 Å². The van der Waals surface area contributed by atoms with Gasteiger partial charge in [-0.15, -0.1) is 11.3 Å². The second-order valence-electron chi connectivity index (χ2n) is 3.71. The zero-order valence-corrected chi connectivity index (χ0v) is 11.6. The highest BCUT2D eigenvalue weighted by atomic mass is 35.5. The maximum atomic E-state index is 11.9. The number of rotatable bonds is 6. The van der Waals surface area contributed by atoms with Gasteiger partial charge in [0, 0.05) is 20.1 Å². The van der Waals surface area contributed by atoms with Gasteiger partial charge in [-0.3, -0.25) is 4.79 Å². The standard InChI is InChI=1S/C11H14ClNO4S/c1-6-5-18-9(8(6)12)10(14)13-7(11(15)16)3-4-17-2/h5,7H,3-4H2,1-2H3,(H,13,14)(H,15,16). The average molecular weight is 292 g/mol. The van der Waals surface area contributed by atoms with Crippen molar-refractivity contribution in [3.63, 3.8) is 0 Å². The largest absolute Gasteiger partial charge is 0.480 e. The van der Waals surface area contributed by atoms with Crippen LogP contribution < -0.4 is 5.32 Å². The van der Waals surface area contributed by atoms with Crippen molar-refractivity contribution in [2.75, 3.05) is 13.7 Å². The number of ether oxygens (including phenoxy) is 1. The molecule has 100 valence electrons. The van der Waals surface area contributed by atoms with Gasteiger partial charge < -0.3 is 15.2 Å². The molecule has 0 aliphatic carbocycles. The summed E-state index contributed by atoms with van der Waals surface area (Å²) in [6.07, 6.45) is 0.208. The summed E-state index contributed by atoms with van der Waals surface area (Å²) >= 11 is 7.14. The summed E-state index contributed by atoms with van der Waals surface area (Å²) in [5.74, 6) is -1.56. The fraction of sp³-hybridized carbons (Fsp3) is 0.455. The fourth-order valence-corrected chi connectivity index (χ4v) is 2.48. The van der Waals surface area contributed by atoms with Gasteiger partial charge in [-0.25, -0.2) is 4.79 Å². The number of nitrogens with one attached hydrogen (secondary N) is 1. The van der Waals surface area contributed by atoms with Crippen molar-refractivity contribution in [1.29, 1.82) is 0 Å². The highest BCUT2D eigenvalue weighted by Crippen LogP contribution is 2.26. The molecule has 18 heavy (non-hydrogen) atoms. The van der Waals surface area contributed by atoms with Crippen LogP contribution in [0.5, 0.6) is 0 Å². The van der Waals surface area contributed by atoms with Gasteiger partial charge in [0.1, 0.15) is 10.9 Å². The summed E-state index contributed by atoms with van der Waals surface area (Å²) in [5, 5.41) is 13.5. The number of hydrogen-bond donors (Lipinski definition) is 2. The SMILES string of the molecule is COCCC(NC(=O)c1scc(C)c1Cl)C(=O)O. The first-order chi connectivity index (χ1) is 8.47. The van der Waals surface area contributed by atoms with E-state index >= 15 is 0 Å². The first-order valence-corrected chi connectivity index (χ1v) is 6.49. The van der Waals surface area contributed by atoms with Gasteiger partial charge in [-0.05, 0) is 17.9 Å². The van der Waals surface area contributed by atoms with Crippen LogP contribution in [0, 0.1) is 6.92 Å². The Morgan fingerprint density at radius 2 is 2.28 bits per heavy atom. The molecule has 1 aromatic heterocycles. The zero-order chi connectivity index (χ0) is 13.7. The number of carboxylic acid groups (broad SMARTS) is 1. The van der Waals surface area contributed by atoms with Gasteiger partial charge in [0.05, 0.1) is 5.02 Å². The number of hydrogen-bond acceptors (Lipinski definition) is 4. The molecule has 2 N–H and O–H groups in total. The Balaban J connectivity index is 2.72. The minimum absolute atomic E-state index is 0.208. The molecule has 0 fully saturated rings. The summed E-state index contributed by atoms with van der Waals surface area (Å²) < 4.78 is 4.80. The first-order valence-electron chi connectivity index (χ1n) is 5.23. The predicted molar refractivity (Wildman–Crippen MR) is 69.4 cm³/mol. The summed E-state index contributed by atoms with van der Waals surface area (Å²) in [6, 6.07) is -0.976. The second kappa shape index (κ2) is 6.72. The molecule has 5 nitrogen and oxygen atoms in total. The van der Waals surface area contributed by atoms with E-state index in [0.29, 0.717) is 9.90 Å². The maximum absolute atomic E-state index is 11.9. The van der Waals surface area contributed by atoms with Gasteiger partial charge in [-0.2, -0.15) is 0 Å².